The Morgan fingerprint density at radius 2 is 1.06 bits per heavy atom. The van der Waals surface area contributed by atoms with Crippen LogP contribution in [0, 0.1) is 29.6 Å². The first kappa shape index (κ1) is 43.6. The molecule has 68 heavy (non-hydrogen) atoms. The molecule has 4 heterocycles. The van der Waals surface area contributed by atoms with E-state index in [1.54, 1.807) is 0 Å². The van der Waals surface area contributed by atoms with Crippen molar-refractivity contribution >= 4 is 24.0 Å². The number of hydrogen-bond donors (Lipinski definition) is 4. The third kappa shape index (κ3) is 6.68. The summed E-state index contributed by atoms with van der Waals surface area (Å²) in [6.45, 7) is 7.85. The highest BCUT2D eigenvalue weighted by Gasteiger charge is 2.54. The number of imidazole rings is 2. The average Bonchev–Trinajstić information content (AvgIpc) is 4.19. The number of nitrogens with zero attached hydrogens (tertiary/aromatic N) is 4. The second kappa shape index (κ2) is 16.5. The van der Waals surface area contributed by atoms with Gasteiger partial charge in [-0.3, -0.25) is 9.59 Å². The number of rotatable bonds is 11. The minimum absolute atomic E-state index is 0.0614. The molecule has 14 nitrogen and oxygen atoms in total. The summed E-state index contributed by atoms with van der Waals surface area (Å²) in [6, 6.07) is 8.04. The maximum absolute atomic E-state index is 14.3. The molecule has 14 heteroatoms. The molecule has 4 aromatic rings. The summed E-state index contributed by atoms with van der Waals surface area (Å²) in [5, 5.41) is 5.65. The van der Waals surface area contributed by atoms with Gasteiger partial charge in [-0.05, 0) is 158 Å². The number of hydrogen-bond acceptors (Lipinski definition) is 8. The maximum Gasteiger partial charge on any atom is 0.407 e. The van der Waals surface area contributed by atoms with E-state index < -0.39 is 24.3 Å². The van der Waals surface area contributed by atoms with Crippen molar-refractivity contribution in [3.8, 4) is 33.6 Å². The van der Waals surface area contributed by atoms with Gasteiger partial charge in [0.15, 0.2) is 0 Å². The number of methoxy groups -OCH3 is 2. The maximum atomic E-state index is 14.3. The average molecular weight is 923 g/mol. The fourth-order valence-corrected chi connectivity index (χ4v) is 15.0. The molecular weight excluding hydrogens is 857 g/mol. The number of likely N-dealkylation sites (tertiary alicyclic amines) is 2. The lowest BCUT2D eigenvalue weighted by Gasteiger charge is -2.37. The molecule has 4 amide bonds. The van der Waals surface area contributed by atoms with Crippen molar-refractivity contribution in [1.82, 2.24) is 40.4 Å². The third-order valence-electron chi connectivity index (χ3n) is 18.2. The number of benzene rings is 2. The number of nitrogens with one attached hydrogen (secondary N) is 4. The molecule has 12 rings (SSSR count). The molecule has 0 spiro atoms. The molecule has 4 unspecified atom stereocenters. The Labute approximate surface area is 398 Å². The van der Waals surface area contributed by atoms with Gasteiger partial charge in [0.2, 0.25) is 11.8 Å². The molecule has 2 saturated heterocycles. The molecule has 2 aliphatic heterocycles. The van der Waals surface area contributed by atoms with Gasteiger partial charge >= 0.3 is 12.2 Å². The highest BCUT2D eigenvalue weighted by atomic mass is 16.5. The summed E-state index contributed by atoms with van der Waals surface area (Å²) < 4.78 is 9.82. The topological polar surface area (TPSA) is 175 Å². The second-order valence-corrected chi connectivity index (χ2v) is 22.3. The molecular formula is C54H66N8O6. The SMILES string of the molecule is COC(=O)N[C@H](C(=O)N1[C@@H]2CC[C@@H](C2)[C@H]1c1ncc(-c2ccc(-c3ccc(-c4cnc([C@@H]5[C@H]6CC[C@H](C6)N5C(=O)[C@@H](NC(=O)OC)C(C)C)[nH]4)c4c3CC3CCC43)c3c2C2CCC3C2)[nH]1)C(C)C. The van der Waals surface area contributed by atoms with Crippen molar-refractivity contribution in [2.75, 3.05) is 14.2 Å². The monoisotopic (exact) mass is 923 g/mol. The van der Waals surface area contributed by atoms with E-state index in [9.17, 15) is 19.2 Å². The van der Waals surface area contributed by atoms with E-state index in [0.717, 1.165) is 68.0 Å². The number of carbonyl (C=O) groups excluding carboxylic acids is 4. The largest absolute Gasteiger partial charge is 0.453 e. The smallest absolute Gasteiger partial charge is 0.407 e. The van der Waals surface area contributed by atoms with E-state index in [0.29, 0.717) is 35.5 Å². The van der Waals surface area contributed by atoms with Crippen molar-refractivity contribution in [2.24, 2.45) is 29.6 Å². The van der Waals surface area contributed by atoms with Crippen molar-refractivity contribution < 1.29 is 28.7 Å². The van der Waals surface area contributed by atoms with Crippen LogP contribution >= 0.6 is 0 Å². The van der Waals surface area contributed by atoms with Gasteiger partial charge in [-0.25, -0.2) is 19.6 Å². The Balaban J connectivity index is 0.868. The fourth-order valence-electron chi connectivity index (χ4n) is 15.0. The van der Waals surface area contributed by atoms with Crippen molar-refractivity contribution in [1.29, 1.82) is 0 Å². The van der Waals surface area contributed by atoms with Crippen LogP contribution in [-0.2, 0) is 25.5 Å². The summed E-state index contributed by atoms with van der Waals surface area (Å²) in [5.74, 6) is 4.21. The standard InChI is InChI=1S/C54H66N8O6/c1-25(2)45(59-53(65)67-5)51(63)61-32-12-9-30(20-32)47(61)49-55-23-40(57-49)37-18-16-36(42-28-7-8-29(19-28)43(37)42)35-15-17-38(44-34-14-11-27(34)22-39(35)44)41-24-56-50(58-41)48-31-10-13-33(21-31)62(48)52(64)46(26(3)4)60-54(66)68-6/h15-18,23-34,45-48H,7-14,19-22H2,1-6H3,(H,55,57)(H,56,58)(H,59,65)(H,60,66)/t27?,28?,29?,30-,31-,32+,33+,34?,45-,46-,47-,48-/m0/s1. The normalized spacial score (nSPS) is 29.8. The van der Waals surface area contributed by atoms with E-state index in [1.807, 2.05) is 49.9 Å². The van der Waals surface area contributed by atoms with Gasteiger partial charge in [0, 0.05) is 23.2 Å². The van der Waals surface area contributed by atoms with Crippen LogP contribution in [0.15, 0.2) is 36.7 Å². The molecule has 4 N–H and O–H groups in total. The van der Waals surface area contributed by atoms with Crippen LogP contribution in [-0.4, -0.2) is 92.1 Å². The number of aromatic amines is 2. The van der Waals surface area contributed by atoms with Crippen LogP contribution in [0.1, 0.15) is 162 Å². The minimum atomic E-state index is -0.676. The van der Waals surface area contributed by atoms with Crippen molar-refractivity contribution in [2.45, 2.75) is 159 Å². The first-order valence-electron chi connectivity index (χ1n) is 25.7. The first-order valence-corrected chi connectivity index (χ1v) is 25.7. The van der Waals surface area contributed by atoms with Crippen LogP contribution in [0.2, 0.25) is 0 Å². The number of amides is 4. The molecule has 8 aliphatic rings. The zero-order chi connectivity index (χ0) is 46.9. The van der Waals surface area contributed by atoms with Gasteiger partial charge in [0.1, 0.15) is 23.7 Å². The minimum Gasteiger partial charge on any atom is -0.453 e. The van der Waals surface area contributed by atoms with Gasteiger partial charge < -0.3 is 39.9 Å². The number of ether oxygens (including phenoxy) is 2. The van der Waals surface area contributed by atoms with Gasteiger partial charge in [0.05, 0.1) is 50.1 Å². The molecule has 4 saturated carbocycles. The molecule has 6 aliphatic carbocycles. The predicted octanol–water partition coefficient (Wildman–Crippen LogP) is 9.41. The molecule has 6 bridgehead atoms. The van der Waals surface area contributed by atoms with Crippen molar-refractivity contribution in [3.63, 3.8) is 0 Å². The Morgan fingerprint density at radius 3 is 1.54 bits per heavy atom. The molecule has 2 aromatic carbocycles. The van der Waals surface area contributed by atoms with Crippen LogP contribution in [0.5, 0.6) is 0 Å². The number of piperidine rings is 2. The Bertz CT molecular complexity index is 2700. The quantitative estimate of drug-likeness (QED) is 0.115. The van der Waals surface area contributed by atoms with E-state index in [-0.39, 0.29) is 47.8 Å². The van der Waals surface area contributed by atoms with E-state index in [1.165, 1.54) is 90.8 Å². The number of carbonyl (C=O) groups is 4. The van der Waals surface area contributed by atoms with Gasteiger partial charge in [-0.15, -0.1) is 0 Å². The van der Waals surface area contributed by atoms with E-state index >= 15 is 0 Å². The number of H-pyrrole nitrogens is 2. The van der Waals surface area contributed by atoms with Crippen LogP contribution in [0.25, 0.3) is 33.6 Å². The Hall–Kier alpha value is -5.66. The summed E-state index contributed by atoms with van der Waals surface area (Å²) in [6.07, 6.45) is 15.9. The molecule has 358 valence electrons. The summed E-state index contributed by atoms with van der Waals surface area (Å²) >= 11 is 0. The fraction of sp³-hybridized carbons (Fsp3) is 0.593. The summed E-state index contributed by atoms with van der Waals surface area (Å²) in [7, 11) is 2.67. The summed E-state index contributed by atoms with van der Waals surface area (Å²) in [5.41, 5.74) is 13.2. The second-order valence-electron chi connectivity index (χ2n) is 22.3. The van der Waals surface area contributed by atoms with Crippen LogP contribution in [0.4, 0.5) is 9.59 Å². The molecule has 6 fully saturated rings. The molecule has 12 atom stereocenters. The Kier molecular flexibility index (Phi) is 10.6. The molecule has 2 aromatic heterocycles. The number of fused-ring (bicyclic) bond motifs is 12. The van der Waals surface area contributed by atoms with Gasteiger partial charge in [0.25, 0.3) is 0 Å². The van der Waals surface area contributed by atoms with Crippen LogP contribution < -0.4 is 10.6 Å². The zero-order valence-corrected chi connectivity index (χ0v) is 40.3. The van der Waals surface area contributed by atoms with Crippen LogP contribution in [0.3, 0.4) is 0 Å². The van der Waals surface area contributed by atoms with E-state index in [2.05, 4.69) is 44.9 Å². The predicted molar refractivity (Wildman–Crippen MR) is 255 cm³/mol. The number of aromatic nitrogens is 4. The lowest BCUT2D eigenvalue weighted by Crippen LogP contribution is -2.54. The van der Waals surface area contributed by atoms with E-state index in [4.69, 9.17) is 19.4 Å². The highest BCUT2D eigenvalue weighted by Crippen LogP contribution is 2.61. The van der Waals surface area contributed by atoms with Crippen molar-refractivity contribution in [3.05, 3.63) is 70.6 Å². The first-order chi connectivity index (χ1) is 32.9. The van der Waals surface area contributed by atoms with Gasteiger partial charge in [-0.2, -0.15) is 0 Å². The Morgan fingerprint density at radius 1 is 0.588 bits per heavy atom. The third-order valence-corrected chi connectivity index (χ3v) is 18.2. The highest BCUT2D eigenvalue weighted by molar-refractivity contribution is 5.88. The lowest BCUT2D eigenvalue weighted by atomic mass is 9.73. The lowest BCUT2D eigenvalue weighted by molar-refractivity contribution is -0.140. The molecule has 0 radical (unpaired) electrons. The summed E-state index contributed by atoms with van der Waals surface area (Å²) in [4.78, 5) is 75.0. The zero-order valence-electron chi connectivity index (χ0n) is 40.3. The number of alkyl carbamates (subject to hydrolysis) is 2. The van der Waals surface area contributed by atoms with Gasteiger partial charge in [-0.1, -0.05) is 52.0 Å².